The number of rotatable bonds is 6. The van der Waals surface area contributed by atoms with Crippen LogP contribution >= 0.6 is 0 Å². The minimum Gasteiger partial charge on any atom is -0.491 e. The minimum absolute atomic E-state index is 0.0453. The van der Waals surface area contributed by atoms with Gasteiger partial charge in [0.05, 0.1) is 12.6 Å². The molecule has 0 aromatic heterocycles. The number of nitrogens with zero attached hydrogens (tertiary/aromatic N) is 1. The molecule has 2 atom stereocenters. The zero-order valence-corrected chi connectivity index (χ0v) is 13.7. The number of amides is 2. The van der Waals surface area contributed by atoms with Gasteiger partial charge in [-0.1, -0.05) is 17.7 Å². The third-order valence-electron chi connectivity index (χ3n) is 3.79. The number of carbonyl (C=O) groups excluding carboxylic acids is 1. The molecule has 1 saturated heterocycles. The average Bonchev–Trinajstić information content (AvgIpc) is 2.99. The van der Waals surface area contributed by atoms with E-state index in [1.165, 1.54) is 5.56 Å². The Morgan fingerprint density at radius 2 is 2.18 bits per heavy atom. The van der Waals surface area contributed by atoms with E-state index in [9.17, 15) is 4.79 Å². The fourth-order valence-electron chi connectivity index (χ4n) is 2.42. The van der Waals surface area contributed by atoms with Crippen LogP contribution in [-0.4, -0.2) is 50.4 Å². The van der Waals surface area contributed by atoms with Crippen molar-refractivity contribution in [3.05, 3.63) is 29.8 Å². The van der Waals surface area contributed by atoms with Gasteiger partial charge >= 0.3 is 6.03 Å². The van der Waals surface area contributed by atoms with Crippen molar-refractivity contribution < 1.29 is 14.3 Å². The van der Waals surface area contributed by atoms with Gasteiger partial charge in [0, 0.05) is 26.1 Å². The largest absolute Gasteiger partial charge is 0.491 e. The Bertz CT molecular complexity index is 469. The normalized spacial score (nSPS) is 18.8. The number of benzene rings is 1. The highest BCUT2D eigenvalue weighted by Crippen LogP contribution is 2.13. The van der Waals surface area contributed by atoms with Gasteiger partial charge in [0.25, 0.3) is 0 Å². The van der Waals surface area contributed by atoms with Crippen LogP contribution in [0.1, 0.15) is 18.9 Å². The second kappa shape index (κ2) is 8.03. The molecule has 1 fully saturated rings. The van der Waals surface area contributed by atoms with Crippen LogP contribution in [0.25, 0.3) is 0 Å². The molecule has 2 amide bonds. The van der Waals surface area contributed by atoms with E-state index in [4.69, 9.17) is 9.47 Å². The molecular weight excluding hydrogens is 280 g/mol. The van der Waals surface area contributed by atoms with Gasteiger partial charge in [0.1, 0.15) is 12.4 Å². The third kappa shape index (κ3) is 5.22. The molecule has 0 bridgehead atoms. The molecular formula is C17H26N2O3. The highest BCUT2D eigenvalue weighted by molar-refractivity contribution is 5.74. The van der Waals surface area contributed by atoms with Crippen LogP contribution in [0.5, 0.6) is 5.75 Å². The van der Waals surface area contributed by atoms with Crippen molar-refractivity contribution in [3.63, 3.8) is 0 Å². The quantitative estimate of drug-likeness (QED) is 0.878. The van der Waals surface area contributed by atoms with Crippen molar-refractivity contribution in [2.24, 2.45) is 5.92 Å². The summed E-state index contributed by atoms with van der Waals surface area (Å²) in [6.45, 7) is 6.73. The van der Waals surface area contributed by atoms with E-state index in [1.54, 1.807) is 4.90 Å². The summed E-state index contributed by atoms with van der Waals surface area (Å²) in [6.07, 6.45) is 1.03. The number of nitrogens with one attached hydrogen (secondary N) is 1. The number of carbonyl (C=O) groups is 1. The zero-order chi connectivity index (χ0) is 15.9. The van der Waals surface area contributed by atoms with Crippen LogP contribution in [0.4, 0.5) is 4.79 Å². The molecule has 5 nitrogen and oxygen atoms in total. The maximum atomic E-state index is 12.1. The Balaban J connectivity index is 1.69. The second-order valence-corrected chi connectivity index (χ2v) is 6.08. The predicted octanol–water partition coefficient (Wildman–Crippen LogP) is 2.44. The van der Waals surface area contributed by atoms with E-state index in [0.717, 1.165) is 31.9 Å². The highest BCUT2D eigenvalue weighted by Gasteiger charge is 2.20. The summed E-state index contributed by atoms with van der Waals surface area (Å²) in [5, 5.41) is 2.96. The molecule has 0 aliphatic carbocycles. The van der Waals surface area contributed by atoms with Crippen molar-refractivity contribution >= 4 is 6.03 Å². The van der Waals surface area contributed by atoms with Gasteiger partial charge in [-0.25, -0.2) is 4.79 Å². The number of aryl methyl sites for hydroxylation is 1. The number of urea groups is 1. The Morgan fingerprint density at radius 1 is 1.45 bits per heavy atom. The Labute approximate surface area is 132 Å². The van der Waals surface area contributed by atoms with Crippen molar-refractivity contribution in [1.82, 2.24) is 10.2 Å². The molecule has 0 spiro atoms. The highest BCUT2D eigenvalue weighted by atomic mass is 16.5. The topological polar surface area (TPSA) is 50.8 Å². The van der Waals surface area contributed by atoms with Crippen molar-refractivity contribution in [2.75, 3.05) is 33.4 Å². The molecule has 2 rings (SSSR count). The first-order chi connectivity index (χ1) is 10.5. The Hall–Kier alpha value is -1.75. The summed E-state index contributed by atoms with van der Waals surface area (Å²) in [6, 6.07) is 7.79. The molecule has 1 aromatic carbocycles. The fraction of sp³-hybridized carbons (Fsp3) is 0.588. The van der Waals surface area contributed by atoms with E-state index in [2.05, 4.69) is 5.32 Å². The van der Waals surface area contributed by atoms with E-state index < -0.39 is 0 Å². The molecule has 122 valence electrons. The number of hydrogen-bond donors (Lipinski definition) is 1. The monoisotopic (exact) mass is 306 g/mol. The van der Waals surface area contributed by atoms with Crippen LogP contribution in [0.3, 0.4) is 0 Å². The van der Waals surface area contributed by atoms with Gasteiger partial charge < -0.3 is 19.7 Å². The molecule has 5 heteroatoms. The van der Waals surface area contributed by atoms with Crippen molar-refractivity contribution in [2.45, 2.75) is 26.3 Å². The lowest BCUT2D eigenvalue weighted by Gasteiger charge is -2.23. The molecule has 1 aromatic rings. The Morgan fingerprint density at radius 3 is 2.82 bits per heavy atom. The molecule has 0 radical (unpaired) electrons. The summed E-state index contributed by atoms with van der Waals surface area (Å²) < 4.78 is 11.0. The van der Waals surface area contributed by atoms with Gasteiger partial charge in [0.15, 0.2) is 0 Å². The van der Waals surface area contributed by atoms with E-state index in [1.807, 2.05) is 45.2 Å². The smallest absolute Gasteiger partial charge is 0.317 e. The first kappa shape index (κ1) is 16.6. The first-order valence-corrected chi connectivity index (χ1v) is 7.83. The van der Waals surface area contributed by atoms with Crippen molar-refractivity contribution in [1.29, 1.82) is 0 Å². The number of ether oxygens (including phenoxy) is 2. The van der Waals surface area contributed by atoms with E-state index >= 15 is 0 Å². The maximum Gasteiger partial charge on any atom is 0.317 e. The summed E-state index contributed by atoms with van der Waals surface area (Å²) in [7, 11) is 1.82. The number of hydrogen-bond acceptors (Lipinski definition) is 3. The van der Waals surface area contributed by atoms with Gasteiger partial charge in [-0.3, -0.25) is 0 Å². The summed E-state index contributed by atoms with van der Waals surface area (Å²) >= 11 is 0. The van der Waals surface area contributed by atoms with E-state index in [0.29, 0.717) is 12.5 Å². The molecule has 1 aliphatic rings. The maximum absolute atomic E-state index is 12.1. The lowest BCUT2D eigenvalue weighted by Crippen LogP contribution is -2.45. The average molecular weight is 306 g/mol. The SMILES string of the molecule is Cc1ccc(OC[C@H](C)NC(=O)N(C)C[C@H]2CCOC2)cc1. The lowest BCUT2D eigenvalue weighted by atomic mass is 10.1. The van der Waals surface area contributed by atoms with Gasteiger partial charge in [-0.2, -0.15) is 0 Å². The summed E-state index contributed by atoms with van der Waals surface area (Å²) in [4.78, 5) is 13.8. The molecule has 1 aliphatic heterocycles. The molecule has 1 N–H and O–H groups in total. The zero-order valence-electron chi connectivity index (χ0n) is 13.7. The lowest BCUT2D eigenvalue weighted by molar-refractivity contribution is 0.168. The second-order valence-electron chi connectivity index (χ2n) is 6.08. The van der Waals surface area contributed by atoms with Crippen LogP contribution in [-0.2, 0) is 4.74 Å². The van der Waals surface area contributed by atoms with Crippen molar-refractivity contribution in [3.8, 4) is 5.75 Å². The fourth-order valence-corrected chi connectivity index (χ4v) is 2.42. The first-order valence-electron chi connectivity index (χ1n) is 7.83. The van der Waals surface area contributed by atoms with E-state index in [-0.39, 0.29) is 12.1 Å². The third-order valence-corrected chi connectivity index (χ3v) is 3.79. The standard InChI is InChI=1S/C17H26N2O3/c1-13-4-6-16(7-5-13)22-11-14(2)18-17(20)19(3)10-15-8-9-21-12-15/h4-7,14-15H,8-12H2,1-3H3,(H,18,20)/t14-,15+/m0/s1. The van der Waals surface area contributed by atoms with Crippen LogP contribution in [0, 0.1) is 12.8 Å². The summed E-state index contributed by atoms with van der Waals surface area (Å²) in [5.74, 6) is 1.28. The van der Waals surface area contributed by atoms with Gasteiger partial charge in [-0.15, -0.1) is 0 Å². The minimum atomic E-state index is -0.0630. The molecule has 0 unspecified atom stereocenters. The van der Waals surface area contributed by atoms with Crippen LogP contribution in [0.2, 0.25) is 0 Å². The predicted molar refractivity (Wildman–Crippen MR) is 86.2 cm³/mol. The Kier molecular flexibility index (Phi) is 6.07. The van der Waals surface area contributed by atoms with Gasteiger partial charge in [-0.05, 0) is 32.4 Å². The van der Waals surface area contributed by atoms with Gasteiger partial charge in [0.2, 0.25) is 0 Å². The van der Waals surface area contributed by atoms with Crippen LogP contribution in [0.15, 0.2) is 24.3 Å². The summed E-state index contributed by atoms with van der Waals surface area (Å²) in [5.41, 5.74) is 1.20. The molecule has 22 heavy (non-hydrogen) atoms. The van der Waals surface area contributed by atoms with Crippen LogP contribution < -0.4 is 10.1 Å². The molecule has 1 heterocycles. The molecule has 0 saturated carbocycles.